The molecule has 0 spiro atoms. The summed E-state index contributed by atoms with van der Waals surface area (Å²) in [5.74, 6) is 0. The summed E-state index contributed by atoms with van der Waals surface area (Å²) >= 11 is 3.57. The standard InChI is InChI=1S/C23H17BrN2O3S/c1-22-16-12-13-25-21(24)19(16)23(2,29-22)20-18(22)15-10-6-7-11-17(15)26(20)30(27,28)14-8-4-3-5-9-14/h3-13H,1-2H3/t22-,23+/m0/s1. The van der Waals surface area contributed by atoms with Crippen molar-refractivity contribution in [2.24, 2.45) is 0 Å². The van der Waals surface area contributed by atoms with E-state index >= 15 is 0 Å². The van der Waals surface area contributed by atoms with Crippen LogP contribution in [0.3, 0.4) is 0 Å². The highest BCUT2D eigenvalue weighted by atomic mass is 79.9. The Labute approximate surface area is 182 Å². The molecule has 2 atom stereocenters. The maximum absolute atomic E-state index is 13.9. The van der Waals surface area contributed by atoms with Gasteiger partial charge in [-0.25, -0.2) is 17.4 Å². The molecule has 0 N–H and O–H groups in total. The second-order valence-electron chi connectivity index (χ2n) is 8.02. The van der Waals surface area contributed by atoms with E-state index in [1.54, 1.807) is 30.5 Å². The lowest BCUT2D eigenvalue weighted by Crippen LogP contribution is -2.28. The summed E-state index contributed by atoms with van der Waals surface area (Å²) in [6.45, 7) is 3.95. The van der Waals surface area contributed by atoms with Gasteiger partial charge in [0.15, 0.2) is 0 Å². The van der Waals surface area contributed by atoms with Crippen LogP contribution in [-0.4, -0.2) is 17.4 Å². The number of hydrogen-bond donors (Lipinski definition) is 0. The number of benzene rings is 2. The molecule has 150 valence electrons. The Morgan fingerprint density at radius 1 is 0.933 bits per heavy atom. The first-order valence-corrected chi connectivity index (χ1v) is 11.8. The minimum Gasteiger partial charge on any atom is -0.348 e. The van der Waals surface area contributed by atoms with Gasteiger partial charge < -0.3 is 4.74 Å². The molecular formula is C23H17BrN2O3S. The zero-order valence-electron chi connectivity index (χ0n) is 16.3. The van der Waals surface area contributed by atoms with Crippen molar-refractivity contribution in [1.29, 1.82) is 0 Å². The predicted molar refractivity (Wildman–Crippen MR) is 117 cm³/mol. The van der Waals surface area contributed by atoms with Gasteiger partial charge in [-0.1, -0.05) is 36.4 Å². The summed E-state index contributed by atoms with van der Waals surface area (Å²) in [5, 5.41) is 0.886. The number of hydrogen-bond acceptors (Lipinski definition) is 4. The fourth-order valence-corrected chi connectivity index (χ4v) is 7.57. The molecule has 6 rings (SSSR count). The molecule has 2 aliphatic rings. The molecule has 4 aromatic rings. The fraction of sp³-hybridized carbons (Fsp3) is 0.174. The van der Waals surface area contributed by atoms with Crippen LogP contribution in [0, 0.1) is 0 Å². The third-order valence-corrected chi connectivity index (χ3v) is 8.68. The van der Waals surface area contributed by atoms with E-state index in [4.69, 9.17) is 4.74 Å². The molecule has 5 nitrogen and oxygen atoms in total. The SMILES string of the molecule is C[C@]12O[C@](C)(c3c1ccnc3Br)c1c2c2ccccc2n1S(=O)(=O)c1ccccc1. The van der Waals surface area contributed by atoms with Gasteiger partial charge in [0.05, 0.1) is 16.1 Å². The number of para-hydroxylation sites is 1. The smallest absolute Gasteiger partial charge is 0.268 e. The van der Waals surface area contributed by atoms with E-state index < -0.39 is 21.2 Å². The molecule has 0 unspecified atom stereocenters. The van der Waals surface area contributed by atoms with Crippen molar-refractivity contribution in [2.45, 2.75) is 29.9 Å². The van der Waals surface area contributed by atoms with Crippen molar-refractivity contribution in [2.75, 3.05) is 0 Å². The molecule has 30 heavy (non-hydrogen) atoms. The second-order valence-corrected chi connectivity index (χ2v) is 10.6. The highest BCUT2D eigenvalue weighted by Crippen LogP contribution is 2.64. The summed E-state index contributed by atoms with van der Waals surface area (Å²) in [4.78, 5) is 4.65. The van der Waals surface area contributed by atoms with Crippen molar-refractivity contribution in [3.8, 4) is 0 Å². The molecule has 2 bridgehead atoms. The molecule has 2 aromatic heterocycles. The van der Waals surface area contributed by atoms with E-state index in [1.165, 1.54) is 3.97 Å². The molecule has 0 fully saturated rings. The van der Waals surface area contributed by atoms with Crippen LogP contribution in [0.25, 0.3) is 10.9 Å². The Balaban J connectivity index is 1.80. The molecule has 0 saturated carbocycles. The first-order chi connectivity index (χ1) is 14.3. The molecule has 0 amide bonds. The average Bonchev–Trinajstić information content (AvgIpc) is 3.30. The van der Waals surface area contributed by atoms with Gasteiger partial charge in [-0.2, -0.15) is 0 Å². The third-order valence-electron chi connectivity index (χ3n) is 6.35. The monoisotopic (exact) mass is 480 g/mol. The number of aromatic nitrogens is 2. The molecule has 2 aromatic carbocycles. The minimum absolute atomic E-state index is 0.246. The van der Waals surface area contributed by atoms with Crippen LogP contribution in [0.4, 0.5) is 0 Å². The van der Waals surface area contributed by atoms with E-state index in [-0.39, 0.29) is 4.90 Å². The first kappa shape index (κ1) is 18.3. The van der Waals surface area contributed by atoms with Crippen LogP contribution in [-0.2, 0) is 26.0 Å². The predicted octanol–water partition coefficient (Wildman–Crippen LogP) is 4.91. The van der Waals surface area contributed by atoms with Crippen molar-refractivity contribution in [3.63, 3.8) is 0 Å². The molecule has 7 heteroatoms. The number of ether oxygens (including phenoxy) is 1. The van der Waals surface area contributed by atoms with Gasteiger partial charge >= 0.3 is 0 Å². The van der Waals surface area contributed by atoms with Crippen LogP contribution in [0.1, 0.15) is 36.2 Å². The van der Waals surface area contributed by atoms with Gasteiger partial charge in [-0.15, -0.1) is 0 Å². The van der Waals surface area contributed by atoms with Crippen LogP contribution in [0.15, 0.2) is 76.4 Å². The average molecular weight is 481 g/mol. The topological polar surface area (TPSA) is 61.2 Å². The largest absolute Gasteiger partial charge is 0.348 e. The summed E-state index contributed by atoms with van der Waals surface area (Å²) < 4.78 is 36.5. The Bertz CT molecular complexity index is 1480. The zero-order valence-corrected chi connectivity index (χ0v) is 18.7. The number of pyridine rings is 1. The van der Waals surface area contributed by atoms with Crippen molar-refractivity contribution >= 4 is 36.9 Å². The maximum atomic E-state index is 13.9. The van der Waals surface area contributed by atoms with Gasteiger partial charge in [0.2, 0.25) is 0 Å². The molecular weight excluding hydrogens is 464 g/mol. The van der Waals surface area contributed by atoms with Gasteiger partial charge in [-0.3, -0.25) is 0 Å². The Morgan fingerprint density at radius 3 is 2.40 bits per heavy atom. The Morgan fingerprint density at radius 2 is 1.63 bits per heavy atom. The number of halogens is 1. The summed E-state index contributed by atoms with van der Waals surface area (Å²) in [6, 6.07) is 18.1. The van der Waals surface area contributed by atoms with Gasteiger partial charge in [0.1, 0.15) is 15.8 Å². The van der Waals surface area contributed by atoms with Gasteiger partial charge in [0.25, 0.3) is 10.0 Å². The van der Waals surface area contributed by atoms with Crippen LogP contribution >= 0.6 is 15.9 Å². The Hall–Kier alpha value is -2.48. The van der Waals surface area contributed by atoms with Gasteiger partial charge in [0, 0.05) is 22.7 Å². The Kier molecular flexibility index (Phi) is 3.42. The molecule has 2 aliphatic heterocycles. The molecule has 0 radical (unpaired) electrons. The normalized spacial score (nSPS) is 24.2. The van der Waals surface area contributed by atoms with Crippen LogP contribution in [0.5, 0.6) is 0 Å². The quantitative estimate of drug-likeness (QED) is 0.382. The maximum Gasteiger partial charge on any atom is 0.268 e. The molecule has 0 aliphatic carbocycles. The van der Waals surface area contributed by atoms with E-state index in [2.05, 4.69) is 20.9 Å². The minimum atomic E-state index is -3.85. The van der Waals surface area contributed by atoms with E-state index in [1.807, 2.05) is 50.2 Å². The van der Waals surface area contributed by atoms with Crippen LogP contribution in [0.2, 0.25) is 0 Å². The number of rotatable bonds is 2. The lowest BCUT2D eigenvalue weighted by Gasteiger charge is -2.26. The van der Waals surface area contributed by atoms with Crippen molar-refractivity contribution in [3.05, 3.63) is 93.8 Å². The van der Waals surface area contributed by atoms with Gasteiger partial charge in [-0.05, 0) is 59.6 Å². The highest BCUT2D eigenvalue weighted by Gasteiger charge is 2.63. The molecule has 0 saturated heterocycles. The summed E-state index contributed by atoms with van der Waals surface area (Å²) in [6.07, 6.45) is 1.75. The van der Waals surface area contributed by atoms with Crippen LogP contribution < -0.4 is 0 Å². The van der Waals surface area contributed by atoms with E-state index in [0.29, 0.717) is 15.8 Å². The third kappa shape index (κ3) is 1.96. The molecule has 4 heterocycles. The van der Waals surface area contributed by atoms with Crippen molar-refractivity contribution < 1.29 is 13.2 Å². The zero-order chi connectivity index (χ0) is 20.9. The number of nitrogens with zero attached hydrogens (tertiary/aromatic N) is 2. The lowest BCUT2D eigenvalue weighted by molar-refractivity contribution is -0.0532. The van der Waals surface area contributed by atoms with E-state index in [9.17, 15) is 8.42 Å². The number of fused-ring (bicyclic) bond motifs is 10. The second kappa shape index (κ2) is 5.60. The lowest BCUT2D eigenvalue weighted by atomic mass is 9.77. The van der Waals surface area contributed by atoms with E-state index in [0.717, 1.165) is 22.1 Å². The summed E-state index contributed by atoms with van der Waals surface area (Å²) in [5.41, 5.74) is 2.40. The van der Waals surface area contributed by atoms with Crippen molar-refractivity contribution in [1.82, 2.24) is 8.96 Å². The summed E-state index contributed by atoms with van der Waals surface area (Å²) in [7, 11) is -3.85. The highest BCUT2D eigenvalue weighted by molar-refractivity contribution is 9.10. The fourth-order valence-electron chi connectivity index (χ4n) is 5.23. The first-order valence-electron chi connectivity index (χ1n) is 9.61.